The highest BCUT2D eigenvalue weighted by atomic mass is 15.3. The third kappa shape index (κ3) is 2.40. The Morgan fingerprint density at radius 1 is 1.22 bits per heavy atom. The van der Waals surface area contributed by atoms with E-state index in [-0.39, 0.29) is 0 Å². The second kappa shape index (κ2) is 5.44. The lowest BCUT2D eigenvalue weighted by Crippen LogP contribution is -2.02. The van der Waals surface area contributed by atoms with E-state index in [1.165, 1.54) is 0 Å². The highest BCUT2D eigenvalue weighted by molar-refractivity contribution is 5.63. The molecule has 94 valence electrons. The average molecular weight is 243 g/mol. The molecule has 0 aliphatic carbocycles. The number of aromatic nitrogens is 2. The van der Waals surface area contributed by atoms with Crippen LogP contribution in [0.15, 0.2) is 40.6 Å². The van der Waals surface area contributed by atoms with E-state index in [2.05, 4.69) is 20.6 Å². The lowest BCUT2D eigenvalue weighted by Gasteiger charge is -2.03. The summed E-state index contributed by atoms with van der Waals surface area (Å²) in [7, 11) is 1.87. The molecule has 2 rings (SSSR count). The first-order chi connectivity index (χ1) is 8.76. The number of aryl methyl sites for hydroxylation is 2. The van der Waals surface area contributed by atoms with Gasteiger partial charge in [0.05, 0.1) is 11.4 Å². The summed E-state index contributed by atoms with van der Waals surface area (Å²) in [5, 5.41) is 16.1. The standard InChI is InChI=1S/C13H17N5/c1-4-18-13(14-3)12(10(2)17-18)16-15-11-8-6-5-7-9-11/h5-9,14H,4H2,1-3H3. The number of nitrogens with zero attached hydrogens (tertiary/aromatic N) is 4. The Morgan fingerprint density at radius 2 is 1.94 bits per heavy atom. The first-order valence-electron chi connectivity index (χ1n) is 5.98. The van der Waals surface area contributed by atoms with Crippen LogP contribution in [0, 0.1) is 6.92 Å². The summed E-state index contributed by atoms with van der Waals surface area (Å²) in [5.41, 5.74) is 2.51. The largest absolute Gasteiger partial charge is 0.371 e. The normalized spacial score (nSPS) is 11.1. The minimum absolute atomic E-state index is 0.795. The van der Waals surface area contributed by atoms with Crippen molar-refractivity contribution in [2.24, 2.45) is 10.2 Å². The maximum absolute atomic E-state index is 4.41. The van der Waals surface area contributed by atoms with Crippen LogP contribution in [0.2, 0.25) is 0 Å². The van der Waals surface area contributed by atoms with Gasteiger partial charge in [0.1, 0.15) is 0 Å². The number of nitrogens with one attached hydrogen (secondary N) is 1. The van der Waals surface area contributed by atoms with Crippen molar-refractivity contribution in [1.82, 2.24) is 9.78 Å². The average Bonchev–Trinajstić information content (AvgIpc) is 2.73. The van der Waals surface area contributed by atoms with Crippen molar-refractivity contribution in [3.05, 3.63) is 36.0 Å². The number of hydrogen-bond donors (Lipinski definition) is 1. The van der Waals surface area contributed by atoms with Gasteiger partial charge in [-0.2, -0.15) is 10.2 Å². The van der Waals surface area contributed by atoms with Crippen LogP contribution >= 0.6 is 0 Å². The Hall–Kier alpha value is -2.17. The molecular formula is C13H17N5. The van der Waals surface area contributed by atoms with Crippen LogP contribution in [0.5, 0.6) is 0 Å². The van der Waals surface area contributed by atoms with Gasteiger partial charge < -0.3 is 5.32 Å². The van der Waals surface area contributed by atoms with E-state index >= 15 is 0 Å². The lowest BCUT2D eigenvalue weighted by atomic mass is 10.3. The number of benzene rings is 1. The number of hydrogen-bond acceptors (Lipinski definition) is 4. The number of azo groups is 1. The molecule has 0 aliphatic heterocycles. The van der Waals surface area contributed by atoms with E-state index in [0.717, 1.165) is 29.4 Å². The van der Waals surface area contributed by atoms with Crippen molar-refractivity contribution in [3.63, 3.8) is 0 Å². The van der Waals surface area contributed by atoms with Gasteiger partial charge in [-0.1, -0.05) is 18.2 Å². The fraction of sp³-hybridized carbons (Fsp3) is 0.308. The molecule has 0 atom stereocenters. The molecule has 0 spiro atoms. The molecule has 0 bridgehead atoms. The number of anilines is 1. The summed E-state index contributed by atoms with van der Waals surface area (Å²) in [6, 6.07) is 9.67. The molecule has 1 N–H and O–H groups in total. The monoisotopic (exact) mass is 243 g/mol. The van der Waals surface area contributed by atoms with Gasteiger partial charge in [-0.3, -0.25) is 0 Å². The fourth-order valence-corrected chi connectivity index (χ4v) is 1.77. The van der Waals surface area contributed by atoms with E-state index in [0.29, 0.717) is 0 Å². The molecule has 1 heterocycles. The topological polar surface area (TPSA) is 54.6 Å². The molecule has 1 aromatic heterocycles. The summed E-state index contributed by atoms with van der Waals surface area (Å²) in [6.45, 7) is 4.79. The molecule has 0 radical (unpaired) electrons. The van der Waals surface area contributed by atoms with Crippen LogP contribution in [-0.4, -0.2) is 16.8 Å². The van der Waals surface area contributed by atoms with Crippen LogP contribution in [0.3, 0.4) is 0 Å². The Kier molecular flexibility index (Phi) is 3.72. The molecule has 2 aromatic rings. The second-order valence-electron chi connectivity index (χ2n) is 3.88. The minimum atomic E-state index is 0.795. The molecule has 0 fully saturated rings. The van der Waals surface area contributed by atoms with Gasteiger partial charge in [0, 0.05) is 13.6 Å². The van der Waals surface area contributed by atoms with Crippen molar-refractivity contribution >= 4 is 17.2 Å². The quantitative estimate of drug-likeness (QED) is 0.833. The summed E-state index contributed by atoms with van der Waals surface area (Å²) in [5.74, 6) is 0.898. The highest BCUT2D eigenvalue weighted by Crippen LogP contribution is 2.30. The first kappa shape index (κ1) is 12.3. The molecule has 0 aliphatic rings. The Labute approximate surface area is 107 Å². The van der Waals surface area contributed by atoms with E-state index in [1.54, 1.807) is 0 Å². The smallest absolute Gasteiger partial charge is 0.152 e. The third-order valence-corrected chi connectivity index (χ3v) is 2.65. The molecule has 0 unspecified atom stereocenters. The van der Waals surface area contributed by atoms with Gasteiger partial charge in [-0.25, -0.2) is 4.68 Å². The SMILES string of the molecule is CCn1nc(C)c(N=Nc2ccccc2)c1NC. The van der Waals surface area contributed by atoms with Gasteiger partial charge in [0.25, 0.3) is 0 Å². The van der Waals surface area contributed by atoms with E-state index in [1.807, 2.05) is 55.9 Å². The van der Waals surface area contributed by atoms with Crippen LogP contribution in [0.25, 0.3) is 0 Å². The van der Waals surface area contributed by atoms with Gasteiger partial charge >= 0.3 is 0 Å². The Balaban J connectivity index is 2.34. The predicted molar refractivity (Wildman–Crippen MR) is 72.8 cm³/mol. The van der Waals surface area contributed by atoms with E-state index in [4.69, 9.17) is 0 Å². The maximum atomic E-state index is 4.41. The van der Waals surface area contributed by atoms with Crippen LogP contribution in [0.4, 0.5) is 17.2 Å². The van der Waals surface area contributed by atoms with Gasteiger partial charge in [-0.15, -0.1) is 5.11 Å². The molecule has 0 amide bonds. The van der Waals surface area contributed by atoms with Crippen molar-refractivity contribution in [2.45, 2.75) is 20.4 Å². The molecule has 5 heteroatoms. The van der Waals surface area contributed by atoms with Gasteiger partial charge in [0.2, 0.25) is 0 Å². The summed E-state index contributed by atoms with van der Waals surface area (Å²) >= 11 is 0. The van der Waals surface area contributed by atoms with Crippen molar-refractivity contribution in [1.29, 1.82) is 0 Å². The van der Waals surface area contributed by atoms with E-state index < -0.39 is 0 Å². The maximum Gasteiger partial charge on any atom is 0.152 e. The van der Waals surface area contributed by atoms with Crippen molar-refractivity contribution in [2.75, 3.05) is 12.4 Å². The summed E-state index contributed by atoms with van der Waals surface area (Å²) < 4.78 is 1.88. The molecule has 5 nitrogen and oxygen atoms in total. The van der Waals surface area contributed by atoms with Crippen LogP contribution in [-0.2, 0) is 6.54 Å². The molecule has 18 heavy (non-hydrogen) atoms. The number of rotatable bonds is 4. The lowest BCUT2D eigenvalue weighted by molar-refractivity contribution is 0.660. The van der Waals surface area contributed by atoms with Crippen molar-refractivity contribution in [3.8, 4) is 0 Å². The minimum Gasteiger partial charge on any atom is -0.371 e. The third-order valence-electron chi connectivity index (χ3n) is 2.65. The van der Waals surface area contributed by atoms with E-state index in [9.17, 15) is 0 Å². The predicted octanol–water partition coefficient (Wildman–Crippen LogP) is 3.67. The Morgan fingerprint density at radius 3 is 2.56 bits per heavy atom. The van der Waals surface area contributed by atoms with Crippen LogP contribution < -0.4 is 5.32 Å². The Bertz CT molecular complexity index is 542. The molecule has 0 saturated carbocycles. The first-order valence-corrected chi connectivity index (χ1v) is 5.98. The second-order valence-corrected chi connectivity index (χ2v) is 3.88. The van der Waals surface area contributed by atoms with Gasteiger partial charge in [-0.05, 0) is 26.0 Å². The van der Waals surface area contributed by atoms with Crippen molar-refractivity contribution < 1.29 is 0 Å². The molecular weight excluding hydrogens is 226 g/mol. The fourth-order valence-electron chi connectivity index (χ4n) is 1.77. The van der Waals surface area contributed by atoms with Gasteiger partial charge in [0.15, 0.2) is 11.5 Å². The zero-order valence-corrected chi connectivity index (χ0v) is 10.9. The highest BCUT2D eigenvalue weighted by Gasteiger charge is 2.12. The molecule has 0 saturated heterocycles. The van der Waals surface area contributed by atoms with Crippen LogP contribution in [0.1, 0.15) is 12.6 Å². The zero-order chi connectivity index (χ0) is 13.0. The summed E-state index contributed by atoms with van der Waals surface area (Å²) in [6.07, 6.45) is 0. The molecule has 1 aromatic carbocycles. The zero-order valence-electron chi connectivity index (χ0n) is 10.9. The summed E-state index contributed by atoms with van der Waals surface area (Å²) in [4.78, 5) is 0.